The van der Waals surface area contributed by atoms with Crippen molar-refractivity contribution in [1.29, 1.82) is 0 Å². The van der Waals surface area contributed by atoms with Gasteiger partial charge in [-0.05, 0) is 66.2 Å². The number of hydrogen-bond acceptors (Lipinski definition) is 5. The van der Waals surface area contributed by atoms with Gasteiger partial charge in [-0.1, -0.05) is 12.1 Å². The molecule has 4 rings (SSSR count). The third-order valence-electron chi connectivity index (χ3n) is 6.55. The molecule has 1 aliphatic heterocycles. The molecule has 0 saturated carbocycles. The van der Waals surface area contributed by atoms with Gasteiger partial charge in [0.25, 0.3) is 5.91 Å². The molecule has 1 heterocycles. The number of piperazine rings is 1. The molecule has 1 saturated heterocycles. The summed E-state index contributed by atoms with van der Waals surface area (Å²) < 4.78 is 18.5. The molecule has 6 nitrogen and oxygen atoms in total. The predicted molar refractivity (Wildman–Crippen MR) is 139 cm³/mol. The number of carbonyl (C=O) groups is 1. The van der Waals surface area contributed by atoms with Crippen molar-refractivity contribution in [2.45, 2.75) is 6.04 Å². The fourth-order valence-electron chi connectivity index (χ4n) is 4.43. The summed E-state index contributed by atoms with van der Waals surface area (Å²) in [5.74, 6) is 0.396. The highest BCUT2D eigenvalue weighted by Crippen LogP contribution is 2.26. The van der Waals surface area contributed by atoms with E-state index in [4.69, 9.17) is 4.74 Å². The molecule has 1 amide bonds. The van der Waals surface area contributed by atoms with E-state index in [1.165, 1.54) is 17.7 Å². The van der Waals surface area contributed by atoms with E-state index in [0.717, 1.165) is 43.3 Å². The lowest BCUT2D eigenvalue weighted by molar-refractivity contribution is 0.0930. The molecule has 184 valence electrons. The van der Waals surface area contributed by atoms with Gasteiger partial charge < -0.3 is 19.9 Å². The maximum absolute atomic E-state index is 13.3. The number of rotatable bonds is 8. The summed E-state index contributed by atoms with van der Waals surface area (Å²) in [4.78, 5) is 19.6. The second kappa shape index (κ2) is 11.2. The van der Waals surface area contributed by atoms with E-state index in [1.807, 2.05) is 26.2 Å². The van der Waals surface area contributed by atoms with Crippen molar-refractivity contribution in [2.24, 2.45) is 0 Å². The summed E-state index contributed by atoms with van der Waals surface area (Å²) in [6.07, 6.45) is 0. The largest absolute Gasteiger partial charge is 0.497 e. The summed E-state index contributed by atoms with van der Waals surface area (Å²) in [6, 6.07) is 22.4. The average Bonchev–Trinajstić information content (AvgIpc) is 2.90. The lowest BCUT2D eigenvalue weighted by atomic mass is 10.0. The normalized spacial score (nSPS) is 14.9. The number of hydrogen-bond donors (Lipinski definition) is 1. The molecule has 0 radical (unpaired) electrons. The molecule has 3 aromatic carbocycles. The second-order valence-corrected chi connectivity index (χ2v) is 8.94. The van der Waals surface area contributed by atoms with Crippen LogP contribution in [0.5, 0.6) is 5.75 Å². The molecule has 1 atom stereocenters. The molecule has 1 unspecified atom stereocenters. The number of carbonyl (C=O) groups excluding carboxylic acids is 1. The van der Waals surface area contributed by atoms with Crippen molar-refractivity contribution in [3.05, 3.63) is 89.7 Å². The first-order chi connectivity index (χ1) is 16.9. The smallest absolute Gasteiger partial charge is 0.251 e. The lowest BCUT2D eigenvalue weighted by Gasteiger charge is -2.40. The minimum absolute atomic E-state index is 0.0452. The fraction of sp³-hybridized carbons (Fsp3) is 0.321. The number of anilines is 2. The Morgan fingerprint density at radius 2 is 1.57 bits per heavy atom. The Morgan fingerprint density at radius 1 is 0.943 bits per heavy atom. The van der Waals surface area contributed by atoms with Gasteiger partial charge in [-0.2, -0.15) is 0 Å². The quantitative estimate of drug-likeness (QED) is 0.528. The highest BCUT2D eigenvalue weighted by atomic mass is 19.1. The standard InChI is InChI=1S/C28H33FN4O2/c1-31(2)24-10-4-21(5-11-24)27(20-30-28(34)22-6-14-26(35-3)15-7-22)33-18-16-32(17-19-33)25-12-8-23(29)9-13-25/h4-15,27H,16-20H2,1-3H3,(H,30,34). The van der Waals surface area contributed by atoms with Crippen LogP contribution < -0.4 is 19.9 Å². The lowest BCUT2D eigenvalue weighted by Crippen LogP contribution is -2.50. The van der Waals surface area contributed by atoms with Gasteiger partial charge in [0, 0.05) is 63.8 Å². The molecular weight excluding hydrogens is 443 g/mol. The van der Waals surface area contributed by atoms with Crippen molar-refractivity contribution in [2.75, 3.05) is 63.7 Å². The van der Waals surface area contributed by atoms with Crippen LogP contribution in [0.1, 0.15) is 22.0 Å². The van der Waals surface area contributed by atoms with Crippen LogP contribution in [0.15, 0.2) is 72.8 Å². The van der Waals surface area contributed by atoms with Gasteiger partial charge in [-0.3, -0.25) is 9.69 Å². The maximum atomic E-state index is 13.3. The Balaban J connectivity index is 1.47. The third kappa shape index (κ3) is 6.11. The van der Waals surface area contributed by atoms with E-state index in [9.17, 15) is 9.18 Å². The van der Waals surface area contributed by atoms with Crippen LogP contribution in [0, 0.1) is 5.82 Å². The van der Waals surface area contributed by atoms with Crippen LogP contribution in [0.25, 0.3) is 0 Å². The van der Waals surface area contributed by atoms with E-state index >= 15 is 0 Å². The zero-order valence-corrected chi connectivity index (χ0v) is 20.6. The van der Waals surface area contributed by atoms with Gasteiger partial charge in [0.15, 0.2) is 0 Å². The average molecular weight is 477 g/mol. The minimum Gasteiger partial charge on any atom is -0.497 e. The van der Waals surface area contributed by atoms with Crippen molar-refractivity contribution in [3.63, 3.8) is 0 Å². The van der Waals surface area contributed by atoms with Gasteiger partial charge in [0.1, 0.15) is 11.6 Å². The van der Waals surface area contributed by atoms with E-state index < -0.39 is 0 Å². The van der Waals surface area contributed by atoms with Crippen molar-refractivity contribution < 1.29 is 13.9 Å². The molecule has 0 spiro atoms. The number of nitrogens with zero attached hydrogens (tertiary/aromatic N) is 3. The molecule has 1 N–H and O–H groups in total. The molecule has 35 heavy (non-hydrogen) atoms. The first-order valence-electron chi connectivity index (χ1n) is 11.9. The van der Waals surface area contributed by atoms with Gasteiger partial charge >= 0.3 is 0 Å². The zero-order chi connectivity index (χ0) is 24.8. The van der Waals surface area contributed by atoms with Gasteiger partial charge in [0.2, 0.25) is 0 Å². The Kier molecular flexibility index (Phi) is 7.87. The molecule has 0 aromatic heterocycles. The number of benzene rings is 3. The maximum Gasteiger partial charge on any atom is 0.251 e. The van der Waals surface area contributed by atoms with Crippen LogP contribution in [0.2, 0.25) is 0 Å². The molecule has 0 aliphatic carbocycles. The van der Waals surface area contributed by atoms with E-state index in [-0.39, 0.29) is 17.8 Å². The number of amides is 1. The van der Waals surface area contributed by atoms with Crippen LogP contribution in [0.3, 0.4) is 0 Å². The SMILES string of the molecule is COc1ccc(C(=O)NCC(c2ccc(N(C)C)cc2)N2CCN(c3ccc(F)cc3)CC2)cc1. The van der Waals surface area contributed by atoms with Crippen molar-refractivity contribution in [3.8, 4) is 5.75 Å². The van der Waals surface area contributed by atoms with Gasteiger partial charge in [-0.15, -0.1) is 0 Å². The van der Waals surface area contributed by atoms with Crippen LogP contribution in [0.4, 0.5) is 15.8 Å². The van der Waals surface area contributed by atoms with E-state index in [1.54, 1.807) is 31.4 Å². The van der Waals surface area contributed by atoms with E-state index in [2.05, 4.69) is 44.3 Å². The Morgan fingerprint density at radius 3 is 2.14 bits per heavy atom. The van der Waals surface area contributed by atoms with E-state index in [0.29, 0.717) is 12.1 Å². The van der Waals surface area contributed by atoms with Crippen LogP contribution >= 0.6 is 0 Å². The Bertz CT molecular complexity index is 1090. The summed E-state index contributed by atoms with van der Waals surface area (Å²) in [6.45, 7) is 3.86. The van der Waals surface area contributed by atoms with Crippen LogP contribution in [-0.2, 0) is 0 Å². The Labute approximate surface area is 206 Å². The molecule has 1 fully saturated rings. The van der Waals surface area contributed by atoms with Crippen molar-refractivity contribution >= 4 is 17.3 Å². The molecule has 1 aliphatic rings. The molecule has 3 aromatic rings. The predicted octanol–water partition coefficient (Wildman–Crippen LogP) is 4.19. The monoisotopic (exact) mass is 476 g/mol. The van der Waals surface area contributed by atoms with Gasteiger partial charge in [-0.25, -0.2) is 4.39 Å². The molecule has 7 heteroatoms. The third-order valence-corrected chi connectivity index (χ3v) is 6.55. The first-order valence-corrected chi connectivity index (χ1v) is 11.9. The highest BCUT2D eigenvalue weighted by Gasteiger charge is 2.26. The first kappa shape index (κ1) is 24.5. The number of halogens is 1. The summed E-state index contributed by atoms with van der Waals surface area (Å²) in [7, 11) is 5.66. The van der Waals surface area contributed by atoms with Crippen molar-refractivity contribution in [1.82, 2.24) is 10.2 Å². The van der Waals surface area contributed by atoms with Crippen LogP contribution in [-0.4, -0.2) is 64.7 Å². The highest BCUT2D eigenvalue weighted by molar-refractivity contribution is 5.94. The number of ether oxygens (including phenoxy) is 1. The minimum atomic E-state index is -0.221. The summed E-state index contributed by atoms with van der Waals surface area (Å²) in [5.41, 5.74) is 3.94. The number of methoxy groups -OCH3 is 1. The zero-order valence-electron chi connectivity index (χ0n) is 20.6. The fourth-order valence-corrected chi connectivity index (χ4v) is 4.43. The summed E-state index contributed by atoms with van der Waals surface area (Å²) in [5, 5.41) is 3.13. The topological polar surface area (TPSA) is 48.1 Å². The second-order valence-electron chi connectivity index (χ2n) is 8.94. The molecular formula is C28H33FN4O2. The van der Waals surface area contributed by atoms with Gasteiger partial charge in [0.05, 0.1) is 13.2 Å². The molecule has 0 bridgehead atoms. The number of nitrogens with one attached hydrogen (secondary N) is 1. The summed E-state index contributed by atoms with van der Waals surface area (Å²) >= 11 is 0. The Hall–Kier alpha value is -3.58.